The third-order valence-electron chi connectivity index (χ3n) is 2.53. The maximum Gasteiger partial charge on any atom is 0.271 e. The molecular weight excluding hydrogens is 236 g/mol. The number of carbonyl (C=O) groups excluding carboxylic acids is 1. The molecule has 5 N–H and O–H groups in total. The van der Waals surface area contributed by atoms with E-state index in [-0.39, 0.29) is 17.3 Å². The molecule has 1 aromatic carbocycles. The summed E-state index contributed by atoms with van der Waals surface area (Å²) in [6.07, 6.45) is 0. The molecule has 0 aliphatic heterocycles. The van der Waals surface area contributed by atoms with E-state index in [1.165, 1.54) is 18.2 Å². The third-order valence-corrected chi connectivity index (χ3v) is 2.53. The quantitative estimate of drug-likeness (QED) is 0.411. The molecule has 1 unspecified atom stereocenters. The largest absolute Gasteiger partial charge is 0.397 e. The number of nitrogens with zero attached hydrogens (tertiary/aromatic N) is 1. The number of hydrogen-bond donors (Lipinski definition) is 3. The average Bonchev–Trinajstić information content (AvgIpc) is 2.25. The molecule has 0 aliphatic carbocycles. The normalized spacial score (nSPS) is 12.2. The first-order chi connectivity index (χ1) is 8.32. The zero-order valence-corrected chi connectivity index (χ0v) is 10.2. The third kappa shape index (κ3) is 3.09. The Hall–Kier alpha value is -2.31. The van der Waals surface area contributed by atoms with Gasteiger partial charge in [0, 0.05) is 12.1 Å². The summed E-state index contributed by atoms with van der Waals surface area (Å²) in [5.41, 5.74) is 11.5. The number of nitrogen functional groups attached to an aromatic ring is 1. The molecule has 0 heterocycles. The minimum atomic E-state index is -0.575. The first-order valence-corrected chi connectivity index (χ1v) is 5.42. The van der Waals surface area contributed by atoms with Gasteiger partial charge in [0.1, 0.15) is 6.04 Å². The topological polar surface area (TPSA) is 124 Å². The number of rotatable bonds is 5. The summed E-state index contributed by atoms with van der Waals surface area (Å²) >= 11 is 0. The van der Waals surface area contributed by atoms with Crippen LogP contribution in [0.2, 0.25) is 0 Å². The molecule has 98 valence electrons. The van der Waals surface area contributed by atoms with Crippen molar-refractivity contribution in [2.24, 2.45) is 11.7 Å². The number of nitro groups is 1. The van der Waals surface area contributed by atoms with Crippen molar-refractivity contribution >= 4 is 23.0 Å². The predicted octanol–water partition coefficient (Wildman–Crippen LogP) is 1.10. The number of carbonyl (C=O) groups is 1. The Labute approximate surface area is 104 Å². The zero-order chi connectivity index (χ0) is 13.9. The van der Waals surface area contributed by atoms with E-state index < -0.39 is 16.9 Å². The van der Waals surface area contributed by atoms with Crippen LogP contribution in [0.3, 0.4) is 0 Å². The number of amides is 1. The second-order valence-electron chi connectivity index (χ2n) is 4.30. The van der Waals surface area contributed by atoms with Crippen LogP contribution in [0.1, 0.15) is 13.8 Å². The van der Waals surface area contributed by atoms with Gasteiger partial charge in [-0.25, -0.2) is 0 Å². The molecule has 0 saturated heterocycles. The molecule has 0 bridgehead atoms. The minimum Gasteiger partial charge on any atom is -0.397 e. The van der Waals surface area contributed by atoms with Crippen LogP contribution in [0.4, 0.5) is 17.1 Å². The molecule has 0 aliphatic rings. The Morgan fingerprint density at radius 2 is 2.06 bits per heavy atom. The number of hydrogen-bond acceptors (Lipinski definition) is 5. The van der Waals surface area contributed by atoms with E-state index >= 15 is 0 Å². The molecule has 18 heavy (non-hydrogen) atoms. The van der Waals surface area contributed by atoms with Crippen LogP contribution in [0.5, 0.6) is 0 Å². The van der Waals surface area contributed by atoms with Gasteiger partial charge in [0.25, 0.3) is 5.69 Å². The first kappa shape index (κ1) is 13.8. The molecular formula is C11H16N4O3. The van der Waals surface area contributed by atoms with Crippen molar-refractivity contribution in [3.05, 3.63) is 28.3 Å². The van der Waals surface area contributed by atoms with E-state index in [1.807, 2.05) is 13.8 Å². The van der Waals surface area contributed by atoms with Crippen molar-refractivity contribution in [1.82, 2.24) is 0 Å². The second kappa shape index (κ2) is 5.35. The Kier molecular flexibility index (Phi) is 4.09. The lowest BCUT2D eigenvalue weighted by molar-refractivity contribution is -0.384. The van der Waals surface area contributed by atoms with Gasteiger partial charge in [-0.1, -0.05) is 13.8 Å². The molecule has 1 aromatic rings. The maximum absolute atomic E-state index is 11.2. The van der Waals surface area contributed by atoms with E-state index in [2.05, 4.69) is 5.32 Å². The molecule has 0 fully saturated rings. The SMILES string of the molecule is CC(C)C(Nc1ccc([N+](=O)[O-])cc1N)C(N)=O. The van der Waals surface area contributed by atoms with Gasteiger partial charge >= 0.3 is 0 Å². The number of primary amides is 1. The number of nitro benzene ring substituents is 1. The monoisotopic (exact) mass is 252 g/mol. The van der Waals surface area contributed by atoms with E-state index in [1.54, 1.807) is 0 Å². The van der Waals surface area contributed by atoms with Gasteiger partial charge in [-0.05, 0) is 12.0 Å². The van der Waals surface area contributed by atoms with Gasteiger partial charge in [-0.2, -0.15) is 0 Å². The molecule has 7 nitrogen and oxygen atoms in total. The predicted molar refractivity (Wildman–Crippen MR) is 69.0 cm³/mol. The summed E-state index contributed by atoms with van der Waals surface area (Å²) in [6, 6.07) is 3.44. The highest BCUT2D eigenvalue weighted by Crippen LogP contribution is 2.25. The Balaban J connectivity index is 2.97. The Morgan fingerprint density at radius 1 is 1.44 bits per heavy atom. The highest BCUT2D eigenvalue weighted by atomic mass is 16.6. The van der Waals surface area contributed by atoms with E-state index in [4.69, 9.17) is 11.5 Å². The average molecular weight is 252 g/mol. The highest BCUT2D eigenvalue weighted by molar-refractivity contribution is 5.85. The highest BCUT2D eigenvalue weighted by Gasteiger charge is 2.20. The van der Waals surface area contributed by atoms with Crippen LogP contribution in [0.15, 0.2) is 18.2 Å². The summed E-state index contributed by atoms with van der Waals surface area (Å²) < 4.78 is 0. The minimum absolute atomic E-state index is 0.0166. The number of anilines is 2. The number of nitrogens with two attached hydrogens (primary N) is 2. The standard InChI is InChI=1S/C11H16N4O3/c1-6(2)10(11(13)16)14-9-4-3-7(15(17)18)5-8(9)12/h3-6,10,14H,12H2,1-2H3,(H2,13,16). The fraction of sp³-hybridized carbons (Fsp3) is 0.364. The maximum atomic E-state index is 11.2. The lowest BCUT2D eigenvalue weighted by atomic mass is 10.0. The summed E-state index contributed by atoms with van der Waals surface area (Å²) in [4.78, 5) is 21.3. The van der Waals surface area contributed by atoms with Crippen molar-refractivity contribution in [3.8, 4) is 0 Å². The van der Waals surface area contributed by atoms with Crippen LogP contribution >= 0.6 is 0 Å². The van der Waals surface area contributed by atoms with Crippen LogP contribution in [0, 0.1) is 16.0 Å². The molecule has 0 aromatic heterocycles. The van der Waals surface area contributed by atoms with Crippen LogP contribution < -0.4 is 16.8 Å². The fourth-order valence-corrected chi connectivity index (χ4v) is 1.53. The molecule has 1 amide bonds. The molecule has 0 spiro atoms. The van der Waals surface area contributed by atoms with Crippen molar-refractivity contribution in [1.29, 1.82) is 0 Å². The van der Waals surface area contributed by atoms with Crippen LogP contribution in [-0.2, 0) is 4.79 Å². The van der Waals surface area contributed by atoms with Crippen molar-refractivity contribution in [2.45, 2.75) is 19.9 Å². The Bertz CT molecular complexity index is 473. The summed E-state index contributed by atoms with van der Waals surface area (Å²) in [5.74, 6) is -0.514. The zero-order valence-electron chi connectivity index (χ0n) is 10.2. The van der Waals surface area contributed by atoms with Crippen molar-refractivity contribution in [2.75, 3.05) is 11.1 Å². The van der Waals surface area contributed by atoms with Gasteiger partial charge in [0.15, 0.2) is 0 Å². The van der Waals surface area contributed by atoms with Gasteiger partial charge in [-0.15, -0.1) is 0 Å². The number of benzene rings is 1. The lowest BCUT2D eigenvalue weighted by Gasteiger charge is -2.21. The number of nitrogens with one attached hydrogen (secondary N) is 1. The summed E-state index contributed by atoms with van der Waals surface area (Å²) in [7, 11) is 0. The van der Waals surface area contributed by atoms with E-state index in [0.717, 1.165) is 0 Å². The van der Waals surface area contributed by atoms with Gasteiger partial charge in [0.2, 0.25) is 5.91 Å². The molecule has 0 radical (unpaired) electrons. The van der Waals surface area contributed by atoms with E-state index in [0.29, 0.717) is 5.69 Å². The Morgan fingerprint density at radius 3 is 2.44 bits per heavy atom. The molecule has 7 heteroatoms. The van der Waals surface area contributed by atoms with Gasteiger partial charge in [-0.3, -0.25) is 14.9 Å². The lowest BCUT2D eigenvalue weighted by Crippen LogP contribution is -2.39. The van der Waals surface area contributed by atoms with Crippen molar-refractivity contribution < 1.29 is 9.72 Å². The van der Waals surface area contributed by atoms with Crippen LogP contribution in [-0.4, -0.2) is 16.9 Å². The van der Waals surface area contributed by atoms with Gasteiger partial charge < -0.3 is 16.8 Å². The second-order valence-corrected chi connectivity index (χ2v) is 4.30. The van der Waals surface area contributed by atoms with E-state index in [9.17, 15) is 14.9 Å². The first-order valence-electron chi connectivity index (χ1n) is 5.42. The molecule has 1 rings (SSSR count). The number of non-ortho nitro benzene ring substituents is 1. The van der Waals surface area contributed by atoms with Crippen molar-refractivity contribution in [3.63, 3.8) is 0 Å². The molecule has 0 saturated carbocycles. The summed E-state index contributed by atoms with van der Waals surface area (Å²) in [6.45, 7) is 3.67. The van der Waals surface area contributed by atoms with Crippen LogP contribution in [0.25, 0.3) is 0 Å². The fourth-order valence-electron chi connectivity index (χ4n) is 1.53. The molecule has 1 atom stereocenters. The van der Waals surface area contributed by atoms with Gasteiger partial charge in [0.05, 0.1) is 16.3 Å². The smallest absolute Gasteiger partial charge is 0.271 e. The summed E-state index contributed by atoms with van der Waals surface area (Å²) in [5, 5.41) is 13.4.